The van der Waals surface area contributed by atoms with Gasteiger partial charge in [-0.2, -0.15) is 0 Å². The van der Waals surface area contributed by atoms with Crippen LogP contribution in [0.25, 0.3) is 21.7 Å². The first-order valence-corrected chi connectivity index (χ1v) is 14.2. The lowest BCUT2D eigenvalue weighted by Crippen LogP contribution is -2.46. The number of phenols is 1. The molecule has 8 heteroatoms. The number of hydrogen-bond acceptors (Lipinski definition) is 7. The van der Waals surface area contributed by atoms with Gasteiger partial charge in [0, 0.05) is 60.5 Å². The molecule has 0 bridgehead atoms. The number of rotatable bonds is 10. The summed E-state index contributed by atoms with van der Waals surface area (Å²) in [6.07, 6.45) is 6.19. The van der Waals surface area contributed by atoms with Crippen LogP contribution in [0.5, 0.6) is 11.5 Å². The first kappa shape index (κ1) is 29.1. The topological polar surface area (TPSA) is 98.7 Å². The number of likely N-dealkylation sites (N-methyl/N-ethyl adjacent to an activating group) is 1. The number of carboxylic acids is 1. The van der Waals surface area contributed by atoms with Crippen LogP contribution >= 0.6 is 0 Å². The predicted molar refractivity (Wildman–Crippen MR) is 167 cm³/mol. The molecule has 2 N–H and O–H groups in total. The molecular formula is C34H37N3O5. The molecule has 3 aromatic carbocycles. The minimum Gasteiger partial charge on any atom is -0.507 e. The molecule has 1 atom stereocenters. The normalized spacial score (nSPS) is 15.9. The molecule has 2 heterocycles. The van der Waals surface area contributed by atoms with Crippen molar-refractivity contribution in [3.8, 4) is 11.5 Å². The summed E-state index contributed by atoms with van der Waals surface area (Å²) < 4.78 is 12.3. The van der Waals surface area contributed by atoms with Crippen LogP contribution in [0.3, 0.4) is 0 Å². The molecule has 1 unspecified atom stereocenters. The van der Waals surface area contributed by atoms with Crippen LogP contribution in [0, 0.1) is 6.92 Å². The summed E-state index contributed by atoms with van der Waals surface area (Å²) in [6.45, 7) is 10.8. The molecule has 0 radical (unpaired) electrons. The van der Waals surface area contributed by atoms with Crippen LogP contribution in [0.4, 0.5) is 0 Å². The van der Waals surface area contributed by atoms with Gasteiger partial charge >= 0.3 is 5.97 Å². The van der Waals surface area contributed by atoms with Gasteiger partial charge in [-0.15, -0.1) is 0 Å². The Morgan fingerprint density at radius 3 is 2.55 bits per heavy atom. The monoisotopic (exact) mass is 567 g/mol. The van der Waals surface area contributed by atoms with Crippen molar-refractivity contribution in [2.45, 2.75) is 26.3 Å². The highest BCUT2D eigenvalue weighted by molar-refractivity contribution is 6.16. The molecule has 5 rings (SSSR count). The van der Waals surface area contributed by atoms with Crippen molar-refractivity contribution in [2.75, 3.05) is 39.8 Å². The molecule has 0 spiro atoms. The van der Waals surface area contributed by atoms with E-state index in [0.717, 1.165) is 38.2 Å². The average molecular weight is 568 g/mol. The molecule has 218 valence electrons. The number of carbonyl (C=O) groups is 1. The summed E-state index contributed by atoms with van der Waals surface area (Å²) in [6, 6.07) is 15.1. The number of hydrogen-bond donors (Lipinski definition) is 2. The van der Waals surface area contributed by atoms with Crippen molar-refractivity contribution in [1.82, 2.24) is 9.80 Å². The number of aromatic carboxylic acids is 1. The van der Waals surface area contributed by atoms with Crippen LogP contribution < -0.4 is 4.74 Å². The predicted octanol–water partition coefficient (Wildman–Crippen LogP) is 6.37. The number of aromatic hydroxyl groups is 1. The summed E-state index contributed by atoms with van der Waals surface area (Å²) in [4.78, 5) is 21.0. The van der Waals surface area contributed by atoms with E-state index in [1.54, 1.807) is 13.1 Å². The van der Waals surface area contributed by atoms with E-state index in [1.807, 2.05) is 55.5 Å². The quantitative estimate of drug-likeness (QED) is 0.170. The van der Waals surface area contributed by atoms with Gasteiger partial charge in [-0.1, -0.05) is 36.4 Å². The van der Waals surface area contributed by atoms with Gasteiger partial charge in [0.15, 0.2) is 0 Å². The van der Waals surface area contributed by atoms with E-state index in [2.05, 4.69) is 40.7 Å². The Morgan fingerprint density at radius 2 is 1.88 bits per heavy atom. The van der Waals surface area contributed by atoms with Gasteiger partial charge in [-0.05, 0) is 63.0 Å². The van der Waals surface area contributed by atoms with Crippen LogP contribution in [0.2, 0.25) is 0 Å². The van der Waals surface area contributed by atoms with E-state index < -0.39 is 12.0 Å². The zero-order chi connectivity index (χ0) is 29.8. The molecule has 8 nitrogen and oxygen atoms in total. The van der Waals surface area contributed by atoms with Crippen LogP contribution in [-0.4, -0.2) is 72.5 Å². The van der Waals surface area contributed by atoms with E-state index in [9.17, 15) is 15.0 Å². The average Bonchev–Trinajstić information content (AvgIpc) is 3.34. The van der Waals surface area contributed by atoms with E-state index in [-0.39, 0.29) is 17.1 Å². The van der Waals surface area contributed by atoms with Gasteiger partial charge < -0.3 is 24.3 Å². The van der Waals surface area contributed by atoms with Crippen molar-refractivity contribution < 1.29 is 24.2 Å². The lowest BCUT2D eigenvalue weighted by atomic mass is 9.88. The van der Waals surface area contributed by atoms with Crippen molar-refractivity contribution >= 4 is 34.4 Å². The highest BCUT2D eigenvalue weighted by Gasteiger charge is 2.34. The van der Waals surface area contributed by atoms with Gasteiger partial charge in [0.05, 0.1) is 12.6 Å². The number of nitrogens with zero attached hydrogens (tertiary/aromatic N) is 3. The maximum Gasteiger partial charge on any atom is 0.339 e. The standard InChI is InChI=1S/C34H37N3O5/c1-5-24(13-15-35-3)31(37-18-16-36(4)17-19-37)30-29-28(34(39)40)22(2)42-33(29)26-12-11-25(21-27(26)32(30)38)41-20-14-23-9-7-6-8-10-23/h5-13,15,21,31,38H,3,14,16-20H2,1-2,4H3,(H,39,40)/b15-13-,24-5+. The largest absolute Gasteiger partial charge is 0.507 e. The van der Waals surface area contributed by atoms with Crippen LogP contribution in [0.1, 0.15) is 40.2 Å². The Hall–Kier alpha value is -4.40. The number of aliphatic imine (C=N–C) groups is 1. The molecule has 4 aromatic rings. The van der Waals surface area contributed by atoms with Crippen molar-refractivity contribution in [3.63, 3.8) is 0 Å². The maximum absolute atomic E-state index is 12.6. The molecule has 0 aliphatic carbocycles. The van der Waals surface area contributed by atoms with E-state index in [1.165, 1.54) is 5.56 Å². The fourth-order valence-electron chi connectivity index (χ4n) is 5.84. The van der Waals surface area contributed by atoms with Crippen molar-refractivity contribution in [2.24, 2.45) is 4.99 Å². The van der Waals surface area contributed by atoms with Crippen molar-refractivity contribution in [1.29, 1.82) is 0 Å². The number of carboxylic acid groups (broad SMARTS) is 1. The van der Waals surface area contributed by atoms with Gasteiger partial charge in [0.1, 0.15) is 28.4 Å². The third-order valence-corrected chi connectivity index (χ3v) is 8.01. The molecule has 1 saturated heterocycles. The molecule has 0 amide bonds. The van der Waals surface area contributed by atoms with Gasteiger partial charge in [-0.25, -0.2) is 4.79 Å². The Labute approximate surface area is 245 Å². The molecule has 1 aromatic heterocycles. The number of ether oxygens (including phenoxy) is 1. The summed E-state index contributed by atoms with van der Waals surface area (Å²) in [7, 11) is 2.08. The van der Waals surface area contributed by atoms with E-state index in [4.69, 9.17) is 9.15 Å². The van der Waals surface area contributed by atoms with Crippen molar-refractivity contribution in [3.05, 3.63) is 94.9 Å². The smallest absolute Gasteiger partial charge is 0.339 e. The minimum atomic E-state index is -1.10. The molecule has 1 aliphatic rings. The zero-order valence-electron chi connectivity index (χ0n) is 24.3. The van der Waals surface area contributed by atoms with E-state index in [0.29, 0.717) is 39.7 Å². The SMILES string of the molecule is C=N/C=C\C(=C/C)C(c1c(O)c2cc(OCCc3ccccc3)ccc2c2oc(C)c(C(=O)O)c12)N1CCN(C)CC1. The first-order valence-electron chi connectivity index (χ1n) is 14.2. The van der Waals surface area contributed by atoms with Gasteiger partial charge in [-0.3, -0.25) is 9.89 Å². The Bertz CT molecular complexity index is 1660. The Kier molecular flexibility index (Phi) is 8.75. The molecule has 1 fully saturated rings. The highest BCUT2D eigenvalue weighted by Crippen LogP contribution is 2.48. The van der Waals surface area contributed by atoms with Gasteiger partial charge in [0.25, 0.3) is 0 Å². The van der Waals surface area contributed by atoms with E-state index >= 15 is 0 Å². The number of allylic oxidation sites excluding steroid dienone is 1. The molecule has 42 heavy (non-hydrogen) atoms. The second-order valence-electron chi connectivity index (χ2n) is 10.6. The second-order valence-corrected chi connectivity index (χ2v) is 10.6. The number of aryl methyl sites for hydroxylation is 1. The number of furan rings is 1. The summed E-state index contributed by atoms with van der Waals surface area (Å²) >= 11 is 0. The van der Waals surface area contributed by atoms with Gasteiger partial charge in [0.2, 0.25) is 0 Å². The second kappa shape index (κ2) is 12.6. The lowest BCUT2D eigenvalue weighted by Gasteiger charge is -2.39. The van der Waals surface area contributed by atoms with Crippen LogP contribution in [0.15, 0.2) is 81.9 Å². The lowest BCUT2D eigenvalue weighted by molar-refractivity contribution is 0.0696. The number of benzene rings is 3. The first-order chi connectivity index (χ1) is 20.3. The third kappa shape index (κ3) is 5.68. The summed E-state index contributed by atoms with van der Waals surface area (Å²) in [5.74, 6) is -0.192. The van der Waals surface area contributed by atoms with Crippen LogP contribution in [-0.2, 0) is 6.42 Å². The Balaban J connectivity index is 1.71. The molecule has 1 aliphatic heterocycles. The summed E-state index contributed by atoms with van der Waals surface area (Å²) in [5, 5.41) is 24.0. The molecule has 0 saturated carbocycles. The number of piperazine rings is 1. The summed E-state index contributed by atoms with van der Waals surface area (Å²) in [5.41, 5.74) is 3.03. The number of phenolic OH excluding ortho intramolecular Hbond substituents is 1. The Morgan fingerprint density at radius 1 is 1.14 bits per heavy atom. The highest BCUT2D eigenvalue weighted by atomic mass is 16.5. The molecular weight excluding hydrogens is 530 g/mol. The number of fused-ring (bicyclic) bond motifs is 3. The zero-order valence-corrected chi connectivity index (χ0v) is 24.3. The fourth-order valence-corrected chi connectivity index (χ4v) is 5.84. The third-order valence-electron chi connectivity index (χ3n) is 8.01. The minimum absolute atomic E-state index is 0.0116. The maximum atomic E-state index is 12.6. The fraction of sp³-hybridized carbons (Fsp3) is 0.294.